The molecule has 2 aromatic heterocycles. The summed E-state index contributed by atoms with van der Waals surface area (Å²) in [5.41, 5.74) is -1.20. The van der Waals surface area contributed by atoms with Crippen LogP contribution in [0.15, 0.2) is 74.9 Å². The maximum absolute atomic E-state index is 13.9. The van der Waals surface area contributed by atoms with E-state index in [1.165, 1.54) is 12.3 Å². The molecule has 4 aromatic rings. The Kier molecular flexibility index (Phi) is 7.92. The summed E-state index contributed by atoms with van der Waals surface area (Å²) < 4.78 is 34.4. The van der Waals surface area contributed by atoms with Crippen molar-refractivity contribution in [1.82, 2.24) is 14.5 Å². The number of fused-ring (bicyclic) bond motifs is 1. The van der Waals surface area contributed by atoms with E-state index in [4.69, 9.17) is 4.42 Å². The second-order valence-electron chi connectivity index (χ2n) is 8.33. The summed E-state index contributed by atoms with van der Waals surface area (Å²) in [6.07, 6.45) is 2.50. The van der Waals surface area contributed by atoms with Gasteiger partial charge in [0, 0.05) is 19.0 Å². The third-order valence-corrected chi connectivity index (χ3v) is 5.71. The summed E-state index contributed by atoms with van der Waals surface area (Å²) in [4.78, 5) is 50.9. The third-order valence-electron chi connectivity index (χ3n) is 5.71. The SMILES string of the molecule is O=C(CCCCn1c(=O)c2ccccc2n(CC(=O)Nc2ccc(F)cc2F)c1=O)NCc1ccco1. The molecule has 9 nitrogen and oxygen atoms in total. The maximum Gasteiger partial charge on any atom is 0.331 e. The lowest BCUT2D eigenvalue weighted by Crippen LogP contribution is -2.41. The quantitative estimate of drug-likeness (QED) is 0.318. The molecule has 2 heterocycles. The third kappa shape index (κ3) is 6.18. The Morgan fingerprint density at radius 2 is 1.73 bits per heavy atom. The fraction of sp³-hybridized carbons (Fsp3) is 0.231. The normalized spacial score (nSPS) is 11.0. The van der Waals surface area contributed by atoms with E-state index in [2.05, 4.69) is 10.6 Å². The van der Waals surface area contributed by atoms with Gasteiger partial charge in [0.05, 0.1) is 29.4 Å². The summed E-state index contributed by atoms with van der Waals surface area (Å²) >= 11 is 0. The van der Waals surface area contributed by atoms with Crippen LogP contribution in [0.25, 0.3) is 10.9 Å². The highest BCUT2D eigenvalue weighted by atomic mass is 19.1. The molecular formula is C26H24F2N4O5. The number of rotatable bonds is 10. The number of carbonyl (C=O) groups excluding carboxylic acids is 2. The Morgan fingerprint density at radius 1 is 0.919 bits per heavy atom. The van der Waals surface area contributed by atoms with Crippen LogP contribution in [0, 0.1) is 11.6 Å². The van der Waals surface area contributed by atoms with Gasteiger partial charge in [-0.25, -0.2) is 13.6 Å². The number of para-hydroxylation sites is 1. The summed E-state index contributed by atoms with van der Waals surface area (Å²) in [5, 5.41) is 5.28. The molecule has 0 aliphatic carbocycles. The molecule has 0 bridgehead atoms. The topological polar surface area (TPSA) is 115 Å². The predicted molar refractivity (Wildman–Crippen MR) is 132 cm³/mol. The van der Waals surface area contributed by atoms with Crippen LogP contribution in [-0.4, -0.2) is 20.9 Å². The second kappa shape index (κ2) is 11.5. The number of benzene rings is 2. The molecule has 0 aliphatic rings. The molecule has 37 heavy (non-hydrogen) atoms. The van der Waals surface area contributed by atoms with Crippen LogP contribution >= 0.6 is 0 Å². The van der Waals surface area contributed by atoms with Crippen molar-refractivity contribution in [1.29, 1.82) is 0 Å². The largest absolute Gasteiger partial charge is 0.467 e. The monoisotopic (exact) mass is 510 g/mol. The van der Waals surface area contributed by atoms with Crippen molar-refractivity contribution in [3.8, 4) is 0 Å². The number of unbranched alkanes of at least 4 members (excludes halogenated alkanes) is 1. The van der Waals surface area contributed by atoms with E-state index in [1.807, 2.05) is 0 Å². The molecule has 2 aromatic carbocycles. The van der Waals surface area contributed by atoms with Crippen LogP contribution in [0.2, 0.25) is 0 Å². The number of anilines is 1. The van der Waals surface area contributed by atoms with Gasteiger partial charge in [-0.3, -0.25) is 23.5 Å². The number of furan rings is 1. The minimum absolute atomic E-state index is 0.0438. The van der Waals surface area contributed by atoms with Crippen molar-refractivity contribution in [2.75, 3.05) is 5.32 Å². The molecule has 0 aliphatic heterocycles. The summed E-state index contributed by atoms with van der Waals surface area (Å²) in [7, 11) is 0. The highest BCUT2D eigenvalue weighted by molar-refractivity contribution is 5.91. The average Bonchev–Trinajstić information content (AvgIpc) is 3.40. The number of nitrogens with zero attached hydrogens (tertiary/aromatic N) is 2. The Morgan fingerprint density at radius 3 is 2.49 bits per heavy atom. The van der Waals surface area contributed by atoms with Gasteiger partial charge in [0.15, 0.2) is 0 Å². The number of hydrogen-bond acceptors (Lipinski definition) is 5. The number of halogens is 2. The van der Waals surface area contributed by atoms with Gasteiger partial charge in [-0.2, -0.15) is 0 Å². The van der Waals surface area contributed by atoms with Crippen LogP contribution in [0.3, 0.4) is 0 Å². The van der Waals surface area contributed by atoms with Gasteiger partial charge in [0.25, 0.3) is 5.56 Å². The Balaban J connectivity index is 1.46. The fourth-order valence-electron chi connectivity index (χ4n) is 3.89. The number of nitrogens with one attached hydrogen (secondary N) is 2. The Hall–Kier alpha value is -4.54. The number of carbonyl (C=O) groups is 2. The van der Waals surface area contributed by atoms with Crippen LogP contribution in [0.4, 0.5) is 14.5 Å². The van der Waals surface area contributed by atoms with E-state index in [0.717, 1.165) is 21.3 Å². The first-order valence-corrected chi connectivity index (χ1v) is 11.6. The zero-order valence-corrected chi connectivity index (χ0v) is 19.7. The van der Waals surface area contributed by atoms with Gasteiger partial charge in [-0.05, 0) is 49.2 Å². The standard InChI is InChI=1S/C26H24F2N4O5/c27-17-10-11-21(20(28)14-17)30-24(34)16-32-22-8-2-1-7-19(22)25(35)31(26(32)36)12-4-3-9-23(33)29-15-18-6-5-13-37-18/h1-2,5-8,10-11,13-14H,3-4,9,12,15-16H2,(H,29,33)(H,30,34). The van der Waals surface area contributed by atoms with Crippen molar-refractivity contribution in [2.45, 2.75) is 38.9 Å². The van der Waals surface area contributed by atoms with Gasteiger partial charge >= 0.3 is 5.69 Å². The van der Waals surface area contributed by atoms with Crippen molar-refractivity contribution >= 4 is 28.4 Å². The van der Waals surface area contributed by atoms with Gasteiger partial charge in [0.1, 0.15) is 23.9 Å². The molecule has 0 spiro atoms. The first kappa shape index (κ1) is 25.5. The minimum atomic E-state index is -0.955. The Labute approximate surface area is 209 Å². The van der Waals surface area contributed by atoms with Gasteiger partial charge in [-0.1, -0.05) is 12.1 Å². The summed E-state index contributed by atoms with van der Waals surface area (Å²) in [5.74, 6) is -2.04. The number of amides is 2. The van der Waals surface area contributed by atoms with E-state index in [-0.39, 0.29) is 42.0 Å². The molecule has 0 radical (unpaired) electrons. The Bertz CT molecular complexity index is 1540. The van der Waals surface area contributed by atoms with Crippen LogP contribution in [0.1, 0.15) is 25.0 Å². The summed E-state index contributed by atoms with van der Waals surface area (Å²) in [6.45, 7) is -0.182. The average molecular weight is 510 g/mol. The van der Waals surface area contributed by atoms with Crippen molar-refractivity contribution in [3.63, 3.8) is 0 Å². The second-order valence-corrected chi connectivity index (χ2v) is 8.33. The van der Waals surface area contributed by atoms with E-state index in [9.17, 15) is 28.0 Å². The van der Waals surface area contributed by atoms with Crippen molar-refractivity contribution < 1.29 is 22.8 Å². The molecule has 0 unspecified atom stereocenters. The first-order chi connectivity index (χ1) is 17.8. The van der Waals surface area contributed by atoms with E-state index in [1.54, 1.807) is 30.3 Å². The molecule has 11 heteroatoms. The lowest BCUT2D eigenvalue weighted by molar-refractivity contribution is -0.121. The molecular weight excluding hydrogens is 486 g/mol. The molecule has 2 N–H and O–H groups in total. The van der Waals surface area contributed by atoms with Gasteiger partial charge in [0.2, 0.25) is 11.8 Å². The molecule has 0 fully saturated rings. The molecule has 2 amide bonds. The highest BCUT2D eigenvalue weighted by Gasteiger charge is 2.16. The molecule has 0 atom stereocenters. The molecule has 4 rings (SSSR count). The van der Waals surface area contributed by atoms with Crippen molar-refractivity contribution in [3.05, 3.63) is 99.1 Å². The van der Waals surface area contributed by atoms with Gasteiger partial charge < -0.3 is 15.1 Å². The van der Waals surface area contributed by atoms with Crippen molar-refractivity contribution in [2.24, 2.45) is 0 Å². The minimum Gasteiger partial charge on any atom is -0.467 e. The number of hydrogen-bond donors (Lipinski definition) is 2. The predicted octanol–water partition coefficient (Wildman–Crippen LogP) is 3.16. The molecule has 192 valence electrons. The molecule has 0 saturated heterocycles. The van der Waals surface area contributed by atoms with E-state index in [0.29, 0.717) is 24.7 Å². The zero-order chi connectivity index (χ0) is 26.4. The lowest BCUT2D eigenvalue weighted by atomic mass is 10.2. The van der Waals surface area contributed by atoms with Crippen LogP contribution in [-0.2, 0) is 29.2 Å². The van der Waals surface area contributed by atoms with E-state index >= 15 is 0 Å². The van der Waals surface area contributed by atoms with Crippen LogP contribution in [0.5, 0.6) is 0 Å². The lowest BCUT2D eigenvalue weighted by Gasteiger charge is -2.14. The summed E-state index contributed by atoms with van der Waals surface area (Å²) in [6, 6.07) is 12.5. The smallest absolute Gasteiger partial charge is 0.331 e. The zero-order valence-electron chi connectivity index (χ0n) is 19.7. The fourth-order valence-corrected chi connectivity index (χ4v) is 3.89. The maximum atomic E-state index is 13.9. The van der Waals surface area contributed by atoms with Crippen LogP contribution < -0.4 is 21.9 Å². The van der Waals surface area contributed by atoms with Gasteiger partial charge in [-0.15, -0.1) is 0 Å². The highest BCUT2D eigenvalue weighted by Crippen LogP contribution is 2.15. The molecule has 0 saturated carbocycles. The van der Waals surface area contributed by atoms with E-state index < -0.39 is 35.3 Å². The number of aromatic nitrogens is 2. The first-order valence-electron chi connectivity index (χ1n) is 11.6.